The molecule has 2 heterocycles. The fourth-order valence-electron chi connectivity index (χ4n) is 3.22. The normalized spacial score (nSPS) is 11.2. The van der Waals surface area contributed by atoms with Gasteiger partial charge in [0.2, 0.25) is 5.89 Å². The van der Waals surface area contributed by atoms with Crippen LogP contribution in [0.3, 0.4) is 0 Å². The van der Waals surface area contributed by atoms with E-state index in [1.54, 1.807) is 17.7 Å². The highest BCUT2D eigenvalue weighted by atomic mass is 35.5. The zero-order valence-electron chi connectivity index (χ0n) is 17.8. The van der Waals surface area contributed by atoms with Crippen LogP contribution in [0.5, 0.6) is 0 Å². The predicted molar refractivity (Wildman–Crippen MR) is 123 cm³/mol. The summed E-state index contributed by atoms with van der Waals surface area (Å²) in [5, 5.41) is 4.95. The summed E-state index contributed by atoms with van der Waals surface area (Å²) in [5.74, 6) is 0.611. The lowest BCUT2D eigenvalue weighted by atomic mass is 10.2. The number of oxazole rings is 1. The van der Waals surface area contributed by atoms with Gasteiger partial charge in [-0.2, -0.15) is 5.10 Å². The first kappa shape index (κ1) is 21.6. The van der Waals surface area contributed by atoms with Crippen molar-refractivity contribution in [2.24, 2.45) is 0 Å². The summed E-state index contributed by atoms with van der Waals surface area (Å²) >= 11 is 6.49. The fourth-order valence-corrected chi connectivity index (χ4v) is 3.52. The van der Waals surface area contributed by atoms with Gasteiger partial charge >= 0.3 is 5.97 Å². The number of hydrogen-bond acceptors (Lipinski definition) is 5. The minimum Gasteiger partial charge on any atom is -0.456 e. The van der Waals surface area contributed by atoms with E-state index in [0.717, 1.165) is 16.8 Å². The molecule has 2 aromatic heterocycles. The lowest BCUT2D eigenvalue weighted by Gasteiger charge is -2.03. The first-order valence-electron chi connectivity index (χ1n) is 10.1. The smallest absolute Gasteiger partial charge is 0.331 e. The molecule has 0 spiro atoms. The summed E-state index contributed by atoms with van der Waals surface area (Å²) in [7, 11) is 0. The molecule has 4 aromatic rings. The Morgan fingerprint density at radius 2 is 1.78 bits per heavy atom. The Hall–Kier alpha value is -3.64. The molecular weight excluding hydrogens is 426 g/mol. The second-order valence-corrected chi connectivity index (χ2v) is 7.62. The van der Waals surface area contributed by atoms with E-state index in [4.69, 9.17) is 20.8 Å². The number of rotatable bonds is 7. The number of carbonyl (C=O) groups excluding carboxylic acids is 1. The molecule has 0 bridgehead atoms. The topological polar surface area (TPSA) is 70.2 Å². The Labute approximate surface area is 191 Å². The van der Waals surface area contributed by atoms with Crippen LogP contribution in [-0.4, -0.2) is 20.7 Å². The zero-order chi connectivity index (χ0) is 22.5. The second kappa shape index (κ2) is 9.66. The molecule has 0 fully saturated rings. The molecule has 0 aliphatic rings. The molecule has 0 aliphatic carbocycles. The Kier molecular flexibility index (Phi) is 6.52. The van der Waals surface area contributed by atoms with Crippen LogP contribution < -0.4 is 0 Å². The molecule has 0 unspecified atom stereocenters. The van der Waals surface area contributed by atoms with Crippen molar-refractivity contribution in [2.75, 3.05) is 0 Å². The van der Waals surface area contributed by atoms with Crippen molar-refractivity contribution in [2.45, 2.75) is 27.0 Å². The zero-order valence-corrected chi connectivity index (χ0v) is 18.5. The lowest BCUT2D eigenvalue weighted by Crippen LogP contribution is -2.02. The van der Waals surface area contributed by atoms with E-state index in [-0.39, 0.29) is 6.61 Å². The summed E-state index contributed by atoms with van der Waals surface area (Å²) in [5.41, 5.74) is 3.95. The monoisotopic (exact) mass is 447 g/mol. The van der Waals surface area contributed by atoms with Crippen LogP contribution in [-0.2, 0) is 22.7 Å². The molecule has 0 saturated heterocycles. The molecule has 0 N–H and O–H groups in total. The van der Waals surface area contributed by atoms with Crippen molar-refractivity contribution in [3.63, 3.8) is 0 Å². The first-order chi connectivity index (χ1) is 15.5. The van der Waals surface area contributed by atoms with Gasteiger partial charge in [0, 0.05) is 17.2 Å². The van der Waals surface area contributed by atoms with Gasteiger partial charge in [-0.05, 0) is 37.6 Å². The number of esters is 1. The molecule has 2 aromatic carbocycles. The second-order valence-electron chi connectivity index (χ2n) is 7.26. The largest absolute Gasteiger partial charge is 0.456 e. The van der Waals surface area contributed by atoms with Gasteiger partial charge in [0.05, 0.1) is 12.2 Å². The van der Waals surface area contributed by atoms with Crippen molar-refractivity contribution in [3.05, 3.63) is 100 Å². The van der Waals surface area contributed by atoms with Gasteiger partial charge in [0.25, 0.3) is 0 Å². The molecule has 0 radical (unpaired) electrons. The van der Waals surface area contributed by atoms with Crippen LogP contribution in [0.2, 0.25) is 5.15 Å². The van der Waals surface area contributed by atoms with Gasteiger partial charge in [-0.15, -0.1) is 0 Å². The van der Waals surface area contributed by atoms with Crippen LogP contribution in [0.25, 0.3) is 17.5 Å². The van der Waals surface area contributed by atoms with Crippen molar-refractivity contribution in [3.8, 4) is 11.5 Å². The van der Waals surface area contributed by atoms with Crippen LogP contribution in [0, 0.1) is 13.8 Å². The van der Waals surface area contributed by atoms with Gasteiger partial charge < -0.3 is 9.15 Å². The predicted octanol–water partition coefficient (Wildman–Crippen LogP) is 5.61. The van der Waals surface area contributed by atoms with Gasteiger partial charge in [-0.25, -0.2) is 14.5 Å². The molecule has 0 aliphatic heterocycles. The third-order valence-electron chi connectivity index (χ3n) is 4.94. The summed E-state index contributed by atoms with van der Waals surface area (Å²) in [6.07, 6.45) is 2.97. The third kappa shape index (κ3) is 4.98. The number of benzene rings is 2. The van der Waals surface area contributed by atoms with Crippen LogP contribution in [0.4, 0.5) is 0 Å². The van der Waals surface area contributed by atoms with Crippen molar-refractivity contribution >= 4 is 23.6 Å². The van der Waals surface area contributed by atoms with Crippen LogP contribution >= 0.6 is 11.6 Å². The molecule has 0 amide bonds. The van der Waals surface area contributed by atoms with E-state index in [1.165, 1.54) is 6.08 Å². The minimum atomic E-state index is -0.500. The van der Waals surface area contributed by atoms with Crippen molar-refractivity contribution < 1.29 is 13.9 Å². The Bertz CT molecular complexity index is 1240. The average Bonchev–Trinajstić information content (AvgIpc) is 3.31. The molecule has 4 rings (SSSR count). The summed E-state index contributed by atoms with van der Waals surface area (Å²) in [6.45, 7) is 4.21. The summed E-state index contributed by atoms with van der Waals surface area (Å²) in [4.78, 5) is 16.7. The third-order valence-corrected chi connectivity index (χ3v) is 5.33. The molecule has 0 saturated carbocycles. The number of ether oxygens (including phenoxy) is 1. The Balaban J connectivity index is 1.40. The molecule has 6 nitrogen and oxygen atoms in total. The number of carbonyl (C=O) groups is 1. The van der Waals surface area contributed by atoms with Crippen molar-refractivity contribution in [1.82, 2.24) is 14.8 Å². The maximum absolute atomic E-state index is 12.3. The lowest BCUT2D eigenvalue weighted by molar-refractivity contribution is -0.139. The van der Waals surface area contributed by atoms with Gasteiger partial charge in [-0.3, -0.25) is 0 Å². The average molecular weight is 448 g/mol. The number of halogens is 1. The SMILES string of the molecule is Cc1nn(Cc2ccccc2)c(Cl)c1/C=C/C(=O)OCc1nc(-c2ccccc2)oc1C. The van der Waals surface area contributed by atoms with Gasteiger partial charge in [-0.1, -0.05) is 60.1 Å². The summed E-state index contributed by atoms with van der Waals surface area (Å²) < 4.78 is 12.7. The molecule has 32 heavy (non-hydrogen) atoms. The van der Waals surface area contributed by atoms with E-state index in [2.05, 4.69) is 10.1 Å². The van der Waals surface area contributed by atoms with E-state index < -0.39 is 5.97 Å². The van der Waals surface area contributed by atoms with Gasteiger partial charge in [0.1, 0.15) is 23.2 Å². The highest BCUT2D eigenvalue weighted by Crippen LogP contribution is 2.23. The molecular formula is C25H22ClN3O3. The van der Waals surface area contributed by atoms with E-state index in [9.17, 15) is 4.79 Å². The van der Waals surface area contributed by atoms with E-state index >= 15 is 0 Å². The summed E-state index contributed by atoms with van der Waals surface area (Å²) in [6, 6.07) is 19.5. The van der Waals surface area contributed by atoms with Crippen LogP contribution in [0.1, 0.15) is 28.3 Å². The van der Waals surface area contributed by atoms with Crippen molar-refractivity contribution in [1.29, 1.82) is 0 Å². The van der Waals surface area contributed by atoms with Gasteiger partial charge in [0.15, 0.2) is 0 Å². The highest BCUT2D eigenvalue weighted by molar-refractivity contribution is 6.31. The maximum atomic E-state index is 12.3. The Morgan fingerprint density at radius 3 is 2.50 bits per heavy atom. The minimum absolute atomic E-state index is 0.0192. The number of hydrogen-bond donors (Lipinski definition) is 0. The Morgan fingerprint density at radius 1 is 1.09 bits per heavy atom. The maximum Gasteiger partial charge on any atom is 0.331 e. The van der Waals surface area contributed by atoms with E-state index in [0.29, 0.717) is 34.6 Å². The molecule has 7 heteroatoms. The quantitative estimate of drug-likeness (QED) is 0.272. The number of aryl methyl sites for hydroxylation is 2. The highest BCUT2D eigenvalue weighted by Gasteiger charge is 2.14. The fraction of sp³-hybridized carbons (Fsp3) is 0.160. The molecule has 0 atom stereocenters. The molecule has 162 valence electrons. The van der Waals surface area contributed by atoms with E-state index in [1.807, 2.05) is 67.6 Å². The number of aromatic nitrogens is 3. The van der Waals surface area contributed by atoms with Crippen LogP contribution in [0.15, 0.2) is 71.2 Å². The standard InChI is InChI=1S/C25H22ClN3O3/c1-17-21(24(26)29(28-17)15-19-9-5-3-6-10-19)13-14-23(30)31-16-22-18(2)32-25(27-22)20-11-7-4-8-12-20/h3-14H,15-16H2,1-2H3/b14-13+. The number of nitrogens with zero attached hydrogens (tertiary/aromatic N) is 3. The first-order valence-corrected chi connectivity index (χ1v) is 10.5.